The van der Waals surface area contributed by atoms with E-state index in [1.165, 1.54) is 193 Å². The molecular formula is C55H106O6. The average molecular weight is 863 g/mol. The normalized spacial score (nSPS) is 12.0. The van der Waals surface area contributed by atoms with Crippen LogP contribution in [0.5, 0.6) is 0 Å². The van der Waals surface area contributed by atoms with Crippen LogP contribution in [0, 0.1) is 11.8 Å². The maximum atomic E-state index is 12.8. The van der Waals surface area contributed by atoms with Crippen LogP contribution in [0.3, 0.4) is 0 Å². The van der Waals surface area contributed by atoms with Gasteiger partial charge in [-0.05, 0) is 31.1 Å². The van der Waals surface area contributed by atoms with Gasteiger partial charge in [-0.1, -0.05) is 266 Å². The fourth-order valence-electron chi connectivity index (χ4n) is 8.34. The second kappa shape index (κ2) is 47.9. The highest BCUT2D eigenvalue weighted by Gasteiger charge is 2.19. The first-order valence-corrected chi connectivity index (χ1v) is 27.2. The van der Waals surface area contributed by atoms with Gasteiger partial charge in [0.15, 0.2) is 6.10 Å². The van der Waals surface area contributed by atoms with Crippen LogP contribution in [0.4, 0.5) is 0 Å². The van der Waals surface area contributed by atoms with Crippen molar-refractivity contribution in [3.63, 3.8) is 0 Å². The molecule has 362 valence electrons. The van der Waals surface area contributed by atoms with Gasteiger partial charge in [-0.15, -0.1) is 0 Å². The molecular weight excluding hydrogens is 757 g/mol. The fourth-order valence-corrected chi connectivity index (χ4v) is 8.34. The van der Waals surface area contributed by atoms with Gasteiger partial charge in [0, 0.05) is 19.3 Å². The number of ether oxygens (including phenoxy) is 3. The summed E-state index contributed by atoms with van der Waals surface area (Å²) < 4.78 is 16.8. The molecule has 0 unspecified atom stereocenters. The molecule has 0 aromatic heterocycles. The van der Waals surface area contributed by atoms with Gasteiger partial charge in [-0.25, -0.2) is 0 Å². The van der Waals surface area contributed by atoms with Gasteiger partial charge in [0.1, 0.15) is 13.2 Å². The van der Waals surface area contributed by atoms with Crippen LogP contribution in [0.25, 0.3) is 0 Å². The smallest absolute Gasteiger partial charge is 0.306 e. The van der Waals surface area contributed by atoms with E-state index in [1.54, 1.807) is 0 Å². The maximum absolute atomic E-state index is 12.8. The highest BCUT2D eigenvalue weighted by atomic mass is 16.6. The topological polar surface area (TPSA) is 78.9 Å². The Morgan fingerprint density at radius 2 is 0.541 bits per heavy atom. The standard InChI is InChI=1S/C55H106O6/c1-6-7-8-9-10-11-12-15-19-25-30-35-40-45-53(56)59-48-52(61-55(58)47-42-37-32-27-22-21-24-29-34-39-44-51(4)5)49-60-54(57)46-41-36-31-26-20-17-14-13-16-18-23-28-33-38-43-50(2)3/h50-52H,6-49H2,1-5H3/t52-/m0/s1. The molecule has 0 aromatic carbocycles. The van der Waals surface area contributed by atoms with Crippen molar-refractivity contribution in [3.05, 3.63) is 0 Å². The fraction of sp³-hybridized carbons (Fsp3) is 0.945. The molecule has 6 nitrogen and oxygen atoms in total. The van der Waals surface area contributed by atoms with Crippen molar-refractivity contribution in [1.29, 1.82) is 0 Å². The predicted molar refractivity (Wildman–Crippen MR) is 261 cm³/mol. The van der Waals surface area contributed by atoms with E-state index in [9.17, 15) is 14.4 Å². The Balaban J connectivity index is 4.29. The minimum atomic E-state index is -0.762. The summed E-state index contributed by atoms with van der Waals surface area (Å²) in [5.74, 6) is 0.817. The van der Waals surface area contributed by atoms with Gasteiger partial charge in [0.05, 0.1) is 0 Å². The van der Waals surface area contributed by atoms with Crippen molar-refractivity contribution in [1.82, 2.24) is 0 Å². The monoisotopic (exact) mass is 863 g/mol. The number of hydrogen-bond acceptors (Lipinski definition) is 6. The van der Waals surface area contributed by atoms with E-state index in [1.807, 2.05) is 0 Å². The zero-order valence-corrected chi connectivity index (χ0v) is 41.8. The van der Waals surface area contributed by atoms with Gasteiger partial charge in [0.25, 0.3) is 0 Å². The first kappa shape index (κ1) is 59.4. The summed E-state index contributed by atoms with van der Waals surface area (Å²) in [6.45, 7) is 11.4. The summed E-state index contributed by atoms with van der Waals surface area (Å²) in [6, 6.07) is 0. The van der Waals surface area contributed by atoms with Gasteiger partial charge in [-0.3, -0.25) is 14.4 Å². The summed E-state index contributed by atoms with van der Waals surface area (Å²) in [4.78, 5) is 38.0. The molecule has 0 aliphatic heterocycles. The van der Waals surface area contributed by atoms with Gasteiger partial charge < -0.3 is 14.2 Å². The maximum Gasteiger partial charge on any atom is 0.306 e. The van der Waals surface area contributed by atoms with Crippen molar-refractivity contribution < 1.29 is 28.6 Å². The Bertz CT molecular complexity index is 931. The summed E-state index contributed by atoms with van der Waals surface area (Å²) in [5, 5.41) is 0. The van der Waals surface area contributed by atoms with E-state index >= 15 is 0 Å². The molecule has 0 aromatic rings. The Kier molecular flexibility index (Phi) is 46.6. The number of unbranched alkanes of at least 4 members (excludes halogenated alkanes) is 34. The van der Waals surface area contributed by atoms with Crippen LogP contribution in [-0.4, -0.2) is 37.2 Å². The van der Waals surface area contributed by atoms with Crippen molar-refractivity contribution >= 4 is 17.9 Å². The van der Waals surface area contributed by atoms with E-state index in [-0.39, 0.29) is 31.1 Å². The second-order valence-electron chi connectivity index (χ2n) is 19.8. The lowest BCUT2D eigenvalue weighted by molar-refractivity contribution is -0.167. The lowest BCUT2D eigenvalue weighted by atomic mass is 10.0. The highest BCUT2D eigenvalue weighted by Crippen LogP contribution is 2.18. The molecule has 0 rings (SSSR count). The lowest BCUT2D eigenvalue weighted by Crippen LogP contribution is -2.30. The zero-order chi connectivity index (χ0) is 44.7. The van der Waals surface area contributed by atoms with Crippen molar-refractivity contribution in [3.8, 4) is 0 Å². The van der Waals surface area contributed by atoms with Crippen LogP contribution in [0.15, 0.2) is 0 Å². The van der Waals surface area contributed by atoms with Gasteiger partial charge in [-0.2, -0.15) is 0 Å². The summed E-state index contributed by atoms with van der Waals surface area (Å²) in [5.41, 5.74) is 0. The molecule has 0 aliphatic carbocycles. The molecule has 0 saturated heterocycles. The van der Waals surface area contributed by atoms with E-state index in [0.717, 1.165) is 69.6 Å². The Morgan fingerprint density at radius 3 is 0.803 bits per heavy atom. The molecule has 0 N–H and O–H groups in total. The van der Waals surface area contributed by atoms with Crippen molar-refractivity contribution in [2.24, 2.45) is 11.8 Å². The SMILES string of the molecule is CCCCCCCCCCCCCCCC(=O)OC[C@@H](COC(=O)CCCCCCCCCCCCCCCCC(C)C)OC(=O)CCCCCCCCCCCCC(C)C. The molecule has 0 amide bonds. The van der Waals surface area contributed by atoms with E-state index in [4.69, 9.17) is 14.2 Å². The molecule has 0 aliphatic rings. The highest BCUT2D eigenvalue weighted by molar-refractivity contribution is 5.71. The van der Waals surface area contributed by atoms with E-state index in [2.05, 4.69) is 34.6 Å². The van der Waals surface area contributed by atoms with E-state index in [0.29, 0.717) is 19.3 Å². The van der Waals surface area contributed by atoms with Crippen molar-refractivity contribution in [2.45, 2.75) is 310 Å². The Hall–Kier alpha value is -1.59. The third kappa shape index (κ3) is 49.3. The minimum Gasteiger partial charge on any atom is -0.462 e. The first-order chi connectivity index (χ1) is 29.7. The van der Waals surface area contributed by atoms with Crippen molar-refractivity contribution in [2.75, 3.05) is 13.2 Å². The quantitative estimate of drug-likeness (QED) is 0.0344. The lowest BCUT2D eigenvalue weighted by Gasteiger charge is -2.18. The van der Waals surface area contributed by atoms with Crippen LogP contribution in [0.1, 0.15) is 304 Å². The number of esters is 3. The number of carbonyl (C=O) groups is 3. The summed E-state index contributed by atoms with van der Waals surface area (Å²) in [7, 11) is 0. The third-order valence-corrected chi connectivity index (χ3v) is 12.5. The first-order valence-electron chi connectivity index (χ1n) is 27.2. The van der Waals surface area contributed by atoms with E-state index < -0.39 is 6.10 Å². The molecule has 61 heavy (non-hydrogen) atoms. The van der Waals surface area contributed by atoms with Crippen LogP contribution in [0.2, 0.25) is 0 Å². The summed E-state index contributed by atoms with van der Waals surface area (Å²) >= 11 is 0. The Morgan fingerprint density at radius 1 is 0.311 bits per heavy atom. The summed E-state index contributed by atoms with van der Waals surface area (Å²) in [6.07, 6.45) is 49.4. The predicted octanol–water partition coefficient (Wildman–Crippen LogP) is 17.7. The molecule has 1 atom stereocenters. The molecule has 0 radical (unpaired) electrons. The molecule has 0 heterocycles. The van der Waals surface area contributed by atoms with Crippen LogP contribution < -0.4 is 0 Å². The number of carbonyl (C=O) groups excluding carboxylic acids is 3. The largest absolute Gasteiger partial charge is 0.462 e. The third-order valence-electron chi connectivity index (χ3n) is 12.5. The Labute approximate surface area is 380 Å². The van der Waals surface area contributed by atoms with Gasteiger partial charge >= 0.3 is 17.9 Å². The molecule has 0 fully saturated rings. The molecule has 6 heteroatoms. The minimum absolute atomic E-state index is 0.0633. The molecule has 0 bridgehead atoms. The van der Waals surface area contributed by atoms with Crippen LogP contribution in [-0.2, 0) is 28.6 Å². The van der Waals surface area contributed by atoms with Crippen LogP contribution >= 0.6 is 0 Å². The molecule has 0 spiro atoms. The van der Waals surface area contributed by atoms with Gasteiger partial charge in [0.2, 0.25) is 0 Å². The number of hydrogen-bond donors (Lipinski definition) is 0. The second-order valence-corrected chi connectivity index (χ2v) is 19.8. The zero-order valence-electron chi connectivity index (χ0n) is 41.8. The average Bonchev–Trinajstić information content (AvgIpc) is 3.23. The molecule has 0 saturated carbocycles. The number of rotatable bonds is 49.